The number of carbonyl (C=O) groups is 1. The van der Waals surface area contributed by atoms with Crippen LogP contribution in [0.4, 0.5) is 4.39 Å². The Kier molecular flexibility index (Phi) is 7.90. The zero-order valence-corrected chi connectivity index (χ0v) is 16.3. The summed E-state index contributed by atoms with van der Waals surface area (Å²) in [6.07, 6.45) is 0.834. The maximum atomic E-state index is 14.7. The molecule has 1 heterocycles. The number of oxime groups is 1. The molecule has 1 aromatic heterocycles. The molecule has 2 unspecified atom stereocenters. The van der Waals surface area contributed by atoms with E-state index in [1.165, 1.54) is 11.8 Å². The third kappa shape index (κ3) is 5.20. The van der Waals surface area contributed by atoms with Crippen molar-refractivity contribution in [2.24, 2.45) is 11.1 Å². The van der Waals surface area contributed by atoms with Gasteiger partial charge in [-0.05, 0) is 37.7 Å². The van der Waals surface area contributed by atoms with Gasteiger partial charge in [-0.3, -0.25) is 4.79 Å². The third-order valence-corrected chi connectivity index (χ3v) is 5.22. The number of hydrogen-bond acceptors (Lipinski definition) is 6. The van der Waals surface area contributed by atoms with Crippen molar-refractivity contribution in [1.82, 2.24) is 4.98 Å². The largest absolute Gasteiger partial charge is 0.508 e. The highest BCUT2D eigenvalue weighted by Gasteiger charge is 2.38. The fourth-order valence-corrected chi connectivity index (χ4v) is 3.73. The van der Waals surface area contributed by atoms with Gasteiger partial charge in [-0.25, -0.2) is 9.37 Å². The number of hydrogen-bond donors (Lipinski definition) is 1. The van der Waals surface area contributed by atoms with Crippen molar-refractivity contribution < 1.29 is 19.1 Å². The molecule has 1 aromatic rings. The van der Waals surface area contributed by atoms with Crippen LogP contribution >= 0.6 is 23.4 Å². The summed E-state index contributed by atoms with van der Waals surface area (Å²) in [5, 5.41) is 15.4. The molecule has 0 spiro atoms. The number of pyridine rings is 1. The standard InChI is InChI=1S/C18H22ClFN2O3S/c1-3-13(22-25-4-2)16-14(23)9-11(17(20)18(16)24)7-8-26-15-6-5-12(19)10-21-15/h5-6,10-11,17,24H,3-4,7-9H2,1-2H3/b22-13+. The first-order valence-corrected chi connectivity index (χ1v) is 9.88. The highest BCUT2D eigenvalue weighted by Crippen LogP contribution is 2.33. The number of aromatic nitrogens is 1. The number of alkyl halides is 1. The summed E-state index contributed by atoms with van der Waals surface area (Å²) in [7, 11) is 0. The number of carbonyl (C=O) groups excluding carboxylic acids is 1. The number of allylic oxidation sites excluding steroid dienone is 2. The Hall–Kier alpha value is -1.60. The predicted octanol–water partition coefficient (Wildman–Crippen LogP) is 4.76. The molecule has 0 fully saturated rings. The number of aliphatic hydroxyl groups is 1. The lowest BCUT2D eigenvalue weighted by Gasteiger charge is -2.27. The van der Waals surface area contributed by atoms with Crippen LogP contribution in [0.15, 0.2) is 39.8 Å². The van der Waals surface area contributed by atoms with Crippen LogP contribution in [0.5, 0.6) is 0 Å². The highest BCUT2D eigenvalue weighted by atomic mass is 35.5. The van der Waals surface area contributed by atoms with E-state index in [4.69, 9.17) is 16.4 Å². The van der Waals surface area contributed by atoms with Crippen molar-refractivity contribution in [3.63, 3.8) is 0 Å². The molecule has 0 saturated heterocycles. The van der Waals surface area contributed by atoms with Crippen molar-refractivity contribution >= 4 is 34.9 Å². The summed E-state index contributed by atoms with van der Waals surface area (Å²) < 4.78 is 14.7. The topological polar surface area (TPSA) is 71.8 Å². The van der Waals surface area contributed by atoms with E-state index in [0.29, 0.717) is 30.2 Å². The van der Waals surface area contributed by atoms with Crippen molar-refractivity contribution in [3.05, 3.63) is 34.7 Å². The lowest BCUT2D eigenvalue weighted by atomic mass is 9.82. The lowest BCUT2D eigenvalue weighted by molar-refractivity contribution is -0.117. The highest BCUT2D eigenvalue weighted by molar-refractivity contribution is 7.99. The van der Waals surface area contributed by atoms with Gasteiger partial charge in [0.25, 0.3) is 0 Å². The number of rotatable bonds is 8. The first kappa shape index (κ1) is 20.7. The predicted molar refractivity (Wildman–Crippen MR) is 102 cm³/mol. The molecule has 2 rings (SSSR count). The first-order valence-electron chi connectivity index (χ1n) is 8.51. The lowest BCUT2D eigenvalue weighted by Crippen LogP contribution is -2.33. The summed E-state index contributed by atoms with van der Waals surface area (Å²) >= 11 is 7.25. The van der Waals surface area contributed by atoms with Gasteiger partial charge in [-0.1, -0.05) is 23.7 Å². The Labute approximate surface area is 161 Å². The SMILES string of the molecule is CCO/N=C(\CC)C1=C(O)C(F)C(CCSc2ccc(Cl)cn2)CC1=O. The third-order valence-electron chi connectivity index (χ3n) is 4.02. The molecule has 1 N–H and O–H groups in total. The van der Waals surface area contributed by atoms with Crippen molar-refractivity contribution in [2.45, 2.75) is 44.3 Å². The van der Waals surface area contributed by atoms with Crippen LogP contribution in [0.3, 0.4) is 0 Å². The van der Waals surface area contributed by atoms with Gasteiger partial charge in [-0.15, -0.1) is 11.8 Å². The molecule has 0 bridgehead atoms. The molecule has 2 atom stereocenters. The molecule has 0 aliphatic heterocycles. The molecule has 0 aromatic carbocycles. The number of halogens is 2. The normalized spacial score (nSPS) is 21.2. The Morgan fingerprint density at radius 1 is 1.50 bits per heavy atom. The van der Waals surface area contributed by atoms with Crippen LogP contribution in [-0.4, -0.2) is 40.1 Å². The Bertz CT molecular complexity index is 694. The van der Waals surface area contributed by atoms with Gasteiger partial charge in [-0.2, -0.15) is 0 Å². The summed E-state index contributed by atoms with van der Waals surface area (Å²) in [5.74, 6) is -0.794. The zero-order valence-electron chi connectivity index (χ0n) is 14.7. The van der Waals surface area contributed by atoms with Crippen molar-refractivity contribution in [1.29, 1.82) is 0 Å². The van der Waals surface area contributed by atoms with E-state index in [1.54, 1.807) is 32.2 Å². The molecule has 5 nitrogen and oxygen atoms in total. The summed E-state index contributed by atoms with van der Waals surface area (Å²) in [6, 6.07) is 3.53. The molecule has 0 amide bonds. The second kappa shape index (κ2) is 9.92. The van der Waals surface area contributed by atoms with Gasteiger partial charge < -0.3 is 9.94 Å². The number of thioether (sulfide) groups is 1. The van der Waals surface area contributed by atoms with Crippen LogP contribution in [-0.2, 0) is 9.63 Å². The van der Waals surface area contributed by atoms with Crippen LogP contribution in [0.2, 0.25) is 5.02 Å². The van der Waals surface area contributed by atoms with Gasteiger partial charge in [0, 0.05) is 18.5 Å². The molecule has 26 heavy (non-hydrogen) atoms. The Morgan fingerprint density at radius 3 is 2.88 bits per heavy atom. The maximum absolute atomic E-state index is 14.7. The fourth-order valence-electron chi connectivity index (χ4n) is 2.70. The van der Waals surface area contributed by atoms with Crippen LogP contribution in [0, 0.1) is 5.92 Å². The van der Waals surface area contributed by atoms with E-state index in [9.17, 15) is 14.3 Å². The summed E-state index contributed by atoms with van der Waals surface area (Å²) in [4.78, 5) is 21.6. The molecule has 142 valence electrons. The van der Waals surface area contributed by atoms with E-state index < -0.39 is 17.8 Å². The van der Waals surface area contributed by atoms with Crippen LogP contribution in [0.1, 0.15) is 33.1 Å². The monoisotopic (exact) mass is 400 g/mol. The van der Waals surface area contributed by atoms with Crippen LogP contribution in [0.25, 0.3) is 0 Å². The smallest absolute Gasteiger partial charge is 0.168 e. The van der Waals surface area contributed by atoms with Gasteiger partial charge in [0.15, 0.2) is 12.0 Å². The maximum Gasteiger partial charge on any atom is 0.168 e. The van der Waals surface area contributed by atoms with Gasteiger partial charge in [0.2, 0.25) is 0 Å². The van der Waals surface area contributed by atoms with E-state index in [1.807, 2.05) is 0 Å². The number of ketones is 1. The zero-order chi connectivity index (χ0) is 19.1. The molecule has 0 radical (unpaired) electrons. The second-order valence-electron chi connectivity index (χ2n) is 5.81. The van der Waals surface area contributed by atoms with Gasteiger partial charge in [0.05, 0.1) is 21.3 Å². The van der Waals surface area contributed by atoms with Crippen molar-refractivity contribution in [2.75, 3.05) is 12.4 Å². The first-order chi connectivity index (χ1) is 12.5. The molecule has 1 aliphatic rings. The van der Waals surface area contributed by atoms with Crippen LogP contribution < -0.4 is 0 Å². The number of Topliss-reactive ketones (excluding diaryl/α,β-unsaturated/α-hetero) is 1. The van der Waals surface area contributed by atoms with Gasteiger partial charge in [0.1, 0.15) is 12.4 Å². The summed E-state index contributed by atoms with van der Waals surface area (Å²) in [5.41, 5.74) is 0.256. The van der Waals surface area contributed by atoms with E-state index in [2.05, 4.69) is 10.1 Å². The van der Waals surface area contributed by atoms with E-state index in [-0.39, 0.29) is 23.5 Å². The van der Waals surface area contributed by atoms with Crippen molar-refractivity contribution in [3.8, 4) is 0 Å². The number of nitrogens with zero attached hydrogens (tertiary/aromatic N) is 2. The van der Waals surface area contributed by atoms with Gasteiger partial charge >= 0.3 is 0 Å². The molecular formula is C18H22ClFN2O3S. The second-order valence-corrected chi connectivity index (χ2v) is 7.36. The van der Waals surface area contributed by atoms with E-state index in [0.717, 1.165) is 5.03 Å². The fraction of sp³-hybridized carbons (Fsp3) is 0.500. The average Bonchev–Trinajstić information content (AvgIpc) is 2.63. The molecule has 0 saturated carbocycles. The quantitative estimate of drug-likeness (QED) is 0.387. The van der Waals surface area contributed by atoms with E-state index >= 15 is 0 Å². The number of aliphatic hydroxyl groups excluding tert-OH is 1. The Morgan fingerprint density at radius 2 is 2.27 bits per heavy atom. The average molecular weight is 401 g/mol. The Balaban J connectivity index is 2.03. The summed E-state index contributed by atoms with van der Waals surface area (Å²) in [6.45, 7) is 3.87. The minimum atomic E-state index is -1.58. The molecule has 8 heteroatoms. The minimum Gasteiger partial charge on any atom is -0.508 e. The molecule has 1 aliphatic carbocycles. The molecular weight excluding hydrogens is 379 g/mol. The minimum absolute atomic E-state index is 0.0308.